The Hall–Kier alpha value is -3.01. The molecule has 9 nitrogen and oxygen atoms in total. The highest BCUT2D eigenvalue weighted by Gasteiger charge is 2.42. The Morgan fingerprint density at radius 2 is 1.63 bits per heavy atom. The van der Waals surface area contributed by atoms with Crippen molar-refractivity contribution in [2.75, 3.05) is 20.1 Å². The number of aryl methyl sites for hydroxylation is 1. The summed E-state index contributed by atoms with van der Waals surface area (Å²) in [7, 11) is 1.58. The van der Waals surface area contributed by atoms with Crippen LogP contribution in [0.4, 0.5) is 4.39 Å². The quantitative estimate of drug-likeness (QED) is 0.512. The third kappa shape index (κ3) is 11.6. The van der Waals surface area contributed by atoms with E-state index in [9.17, 15) is 23.6 Å². The summed E-state index contributed by atoms with van der Waals surface area (Å²) in [5, 5.41) is 2.61. The van der Waals surface area contributed by atoms with Crippen LogP contribution in [0.25, 0.3) is 0 Å². The fraction of sp³-hybridized carbons (Fsp3) is 0.643. The predicted molar refractivity (Wildman–Crippen MR) is 148 cm³/mol. The van der Waals surface area contributed by atoms with Gasteiger partial charge in [-0.05, 0) is 63.1 Å². The van der Waals surface area contributed by atoms with Gasteiger partial charge in [0, 0.05) is 26.6 Å². The lowest BCUT2D eigenvalue weighted by atomic mass is 10.1. The Morgan fingerprint density at radius 1 is 1.05 bits per heavy atom. The van der Waals surface area contributed by atoms with Crippen molar-refractivity contribution in [1.29, 1.82) is 0 Å². The van der Waals surface area contributed by atoms with Crippen LogP contribution in [-0.2, 0) is 19.2 Å². The number of nitrogens with one attached hydrogen (secondary N) is 1. The zero-order valence-electron chi connectivity index (χ0n) is 24.0. The van der Waals surface area contributed by atoms with Gasteiger partial charge in [0.25, 0.3) is 0 Å². The van der Waals surface area contributed by atoms with Crippen LogP contribution in [0.1, 0.15) is 78.2 Å². The zero-order chi connectivity index (χ0) is 29.3. The summed E-state index contributed by atoms with van der Waals surface area (Å²) in [4.78, 5) is 50.1. The molecule has 0 aliphatic carbocycles. The van der Waals surface area contributed by atoms with E-state index >= 15 is 0 Å². The Morgan fingerprint density at radius 3 is 2.05 bits per heavy atom. The number of hydrogen-bond donors (Lipinski definition) is 3. The zero-order valence-corrected chi connectivity index (χ0v) is 24.0. The summed E-state index contributed by atoms with van der Waals surface area (Å²) >= 11 is 0. The van der Waals surface area contributed by atoms with E-state index in [1.54, 1.807) is 22.9 Å². The van der Waals surface area contributed by atoms with Crippen molar-refractivity contribution in [3.63, 3.8) is 0 Å². The van der Waals surface area contributed by atoms with Crippen LogP contribution in [0.15, 0.2) is 24.3 Å². The number of halogens is 1. The molecule has 0 aromatic heterocycles. The van der Waals surface area contributed by atoms with Crippen molar-refractivity contribution in [3.05, 3.63) is 35.6 Å². The van der Waals surface area contributed by atoms with E-state index in [-0.39, 0.29) is 29.4 Å². The highest BCUT2D eigenvalue weighted by molar-refractivity contribution is 5.93. The van der Waals surface area contributed by atoms with Crippen LogP contribution in [0.2, 0.25) is 0 Å². The summed E-state index contributed by atoms with van der Waals surface area (Å²) in [5.41, 5.74) is 11.6. The number of likely N-dealkylation sites (N-methyl/N-ethyl adjacent to an activating group) is 1. The SMILES string of the molecule is CC.CCCC(N)=O.CC[C@H](N)C(=O)N1CCCC1C(=O)N1CCCC1C(=O)NC.Cc1cccc(F)c1. The minimum atomic E-state index is -0.554. The van der Waals surface area contributed by atoms with Gasteiger partial charge in [0.15, 0.2) is 0 Å². The molecule has 4 amide bonds. The maximum atomic E-state index is 12.8. The molecule has 2 fully saturated rings. The van der Waals surface area contributed by atoms with Crippen LogP contribution < -0.4 is 16.8 Å². The Kier molecular flexibility index (Phi) is 17.6. The molecule has 0 spiro atoms. The highest BCUT2D eigenvalue weighted by Crippen LogP contribution is 2.25. The van der Waals surface area contributed by atoms with Crippen molar-refractivity contribution < 1.29 is 23.6 Å². The molecule has 1 aromatic carbocycles. The molecule has 38 heavy (non-hydrogen) atoms. The third-order valence-corrected chi connectivity index (χ3v) is 6.14. The van der Waals surface area contributed by atoms with E-state index in [1.165, 1.54) is 12.1 Å². The molecule has 216 valence electrons. The van der Waals surface area contributed by atoms with Gasteiger partial charge < -0.3 is 26.6 Å². The fourth-order valence-corrected chi connectivity index (χ4v) is 4.19. The van der Waals surface area contributed by atoms with Gasteiger partial charge in [0.1, 0.15) is 17.9 Å². The Balaban J connectivity index is 0.000000699. The number of amides is 4. The number of rotatable bonds is 6. The number of nitrogens with zero attached hydrogens (tertiary/aromatic N) is 2. The summed E-state index contributed by atoms with van der Waals surface area (Å²) in [6.45, 7) is 10.8. The fourth-order valence-electron chi connectivity index (χ4n) is 4.19. The van der Waals surface area contributed by atoms with Crippen LogP contribution in [0.5, 0.6) is 0 Å². The molecule has 10 heteroatoms. The van der Waals surface area contributed by atoms with Crippen molar-refractivity contribution in [2.24, 2.45) is 11.5 Å². The maximum Gasteiger partial charge on any atom is 0.246 e. The van der Waals surface area contributed by atoms with Gasteiger partial charge in [-0.25, -0.2) is 4.39 Å². The van der Waals surface area contributed by atoms with Crippen LogP contribution in [0.3, 0.4) is 0 Å². The van der Waals surface area contributed by atoms with E-state index in [1.807, 2.05) is 40.7 Å². The number of carbonyl (C=O) groups is 4. The number of hydrogen-bond acceptors (Lipinski definition) is 5. The number of nitrogens with two attached hydrogens (primary N) is 2. The van der Waals surface area contributed by atoms with Crippen LogP contribution >= 0.6 is 0 Å². The summed E-state index contributed by atoms with van der Waals surface area (Å²) in [6, 6.07) is 5.08. The molecule has 3 rings (SSSR count). The van der Waals surface area contributed by atoms with Gasteiger partial charge in [0.05, 0.1) is 6.04 Å². The molecule has 0 bridgehead atoms. The molecule has 0 saturated carbocycles. The van der Waals surface area contributed by atoms with Crippen molar-refractivity contribution in [3.8, 4) is 0 Å². The van der Waals surface area contributed by atoms with E-state index in [2.05, 4.69) is 5.32 Å². The molecule has 3 atom stereocenters. The molecule has 2 aliphatic rings. The third-order valence-electron chi connectivity index (χ3n) is 6.14. The molecule has 2 unspecified atom stereocenters. The Labute approximate surface area is 227 Å². The first-order chi connectivity index (χ1) is 18.1. The van der Waals surface area contributed by atoms with Gasteiger partial charge >= 0.3 is 0 Å². The average Bonchev–Trinajstić information content (AvgIpc) is 3.59. The first-order valence-corrected chi connectivity index (χ1v) is 13.7. The Bertz CT molecular complexity index is 865. The van der Waals surface area contributed by atoms with Crippen LogP contribution in [-0.4, -0.2) is 71.7 Å². The second-order valence-corrected chi connectivity index (χ2v) is 9.02. The molecular formula is C28H48FN5O4. The topological polar surface area (TPSA) is 139 Å². The number of primary amides is 1. The summed E-state index contributed by atoms with van der Waals surface area (Å²) < 4.78 is 12.2. The van der Waals surface area contributed by atoms with E-state index in [0.29, 0.717) is 38.8 Å². The van der Waals surface area contributed by atoms with Crippen molar-refractivity contribution in [1.82, 2.24) is 15.1 Å². The van der Waals surface area contributed by atoms with Gasteiger partial charge in [-0.2, -0.15) is 0 Å². The molecule has 2 aliphatic heterocycles. The molecular weight excluding hydrogens is 489 g/mol. The predicted octanol–water partition coefficient (Wildman–Crippen LogP) is 2.88. The first-order valence-electron chi connectivity index (χ1n) is 13.7. The lowest BCUT2D eigenvalue weighted by molar-refractivity contribution is -0.147. The second kappa shape index (κ2) is 19.1. The summed E-state index contributed by atoms with van der Waals surface area (Å²) in [5.74, 6) is -0.774. The highest BCUT2D eigenvalue weighted by atomic mass is 19.1. The number of benzene rings is 1. The van der Waals surface area contributed by atoms with Crippen molar-refractivity contribution in [2.45, 2.75) is 97.7 Å². The lowest BCUT2D eigenvalue weighted by Gasteiger charge is -2.31. The van der Waals surface area contributed by atoms with Gasteiger partial charge in [-0.15, -0.1) is 0 Å². The minimum Gasteiger partial charge on any atom is -0.370 e. The minimum absolute atomic E-state index is 0.111. The molecule has 0 radical (unpaired) electrons. The van der Waals surface area contributed by atoms with Crippen molar-refractivity contribution >= 4 is 23.6 Å². The van der Waals surface area contributed by atoms with E-state index in [4.69, 9.17) is 11.5 Å². The maximum absolute atomic E-state index is 12.8. The normalized spacial score (nSPS) is 18.5. The van der Waals surface area contributed by atoms with E-state index in [0.717, 1.165) is 24.8 Å². The monoisotopic (exact) mass is 537 g/mol. The van der Waals surface area contributed by atoms with Gasteiger partial charge in [-0.1, -0.05) is 39.8 Å². The molecule has 2 saturated heterocycles. The largest absolute Gasteiger partial charge is 0.370 e. The van der Waals surface area contributed by atoms with Gasteiger partial charge in [-0.3, -0.25) is 19.2 Å². The molecule has 5 N–H and O–H groups in total. The van der Waals surface area contributed by atoms with E-state index < -0.39 is 18.1 Å². The number of carbonyl (C=O) groups excluding carboxylic acids is 4. The second-order valence-electron chi connectivity index (χ2n) is 9.02. The standard InChI is InChI=1S/C15H26N4O3.C7H7F.C4H9NO.C2H6/c1-3-10(16)14(21)19-9-5-7-12(19)15(22)18-8-4-6-11(18)13(20)17-2;1-6-3-2-4-7(8)5-6;1-2-3-4(5)6;1-2/h10-12H,3-9,16H2,1-2H3,(H,17,20);2-5H,1H3;2-3H2,1H3,(H2,5,6);1-2H3/t10-,11?,12?;;;/m0.../s1. The van der Waals surface area contributed by atoms with Crippen LogP contribution in [0, 0.1) is 12.7 Å². The smallest absolute Gasteiger partial charge is 0.246 e. The van der Waals surface area contributed by atoms with Gasteiger partial charge in [0.2, 0.25) is 23.6 Å². The number of likely N-dealkylation sites (tertiary alicyclic amines) is 2. The molecule has 1 aromatic rings. The first kappa shape index (κ1) is 35.0. The average molecular weight is 538 g/mol. The summed E-state index contributed by atoms with van der Waals surface area (Å²) in [6.07, 6.45) is 4.88. The molecule has 2 heterocycles. The lowest BCUT2D eigenvalue weighted by Crippen LogP contribution is -2.54.